The first-order chi connectivity index (χ1) is 27.2. The van der Waals surface area contributed by atoms with Gasteiger partial charge in [0.15, 0.2) is 11.5 Å². The number of alkyl halides is 3. The van der Waals surface area contributed by atoms with Gasteiger partial charge in [-0.25, -0.2) is 9.59 Å². The van der Waals surface area contributed by atoms with Crippen LogP contribution in [0.3, 0.4) is 0 Å². The molecule has 0 unspecified atom stereocenters. The number of nitrogens with one attached hydrogen (secondary N) is 1. The lowest BCUT2D eigenvalue weighted by Gasteiger charge is -2.19. The first-order valence-electron chi connectivity index (χ1n) is 18.1. The van der Waals surface area contributed by atoms with E-state index in [1.54, 1.807) is 12.1 Å². The minimum absolute atomic E-state index is 0.0323. The molecule has 0 bridgehead atoms. The molecule has 3 rings (SSSR count). The second-order valence-electron chi connectivity index (χ2n) is 13.0. The van der Waals surface area contributed by atoms with Crippen molar-refractivity contribution in [1.82, 2.24) is 10.7 Å². The van der Waals surface area contributed by atoms with Crippen molar-refractivity contribution < 1.29 is 77.1 Å². The Morgan fingerprint density at radius 2 is 1.77 bits per heavy atom. The number of esters is 2. The van der Waals surface area contributed by atoms with Gasteiger partial charge < -0.3 is 39.6 Å². The number of aliphatic hydroxyl groups excluding tert-OH is 3. The lowest BCUT2D eigenvalue weighted by Crippen LogP contribution is -2.31. The summed E-state index contributed by atoms with van der Waals surface area (Å²) in [5.74, 6) is -2.28. The van der Waals surface area contributed by atoms with Gasteiger partial charge in [-0.1, -0.05) is 36.4 Å². The third kappa shape index (κ3) is 17.5. The maximum atomic E-state index is 12.9. The quantitative estimate of drug-likeness (QED) is 0.0227. The molecular formula is C39H49F3N2O13. The van der Waals surface area contributed by atoms with Crippen LogP contribution in [0.4, 0.5) is 13.2 Å². The van der Waals surface area contributed by atoms with Crippen molar-refractivity contribution in [2.24, 2.45) is 11.8 Å². The predicted octanol–water partition coefficient (Wildman–Crippen LogP) is 4.55. The molecular weight excluding hydrogens is 761 g/mol. The van der Waals surface area contributed by atoms with Crippen molar-refractivity contribution >= 4 is 23.9 Å². The smallest absolute Gasteiger partial charge is 0.416 e. The number of benzene rings is 2. The van der Waals surface area contributed by atoms with E-state index in [9.17, 15) is 42.9 Å². The third-order valence-electron chi connectivity index (χ3n) is 8.65. The lowest BCUT2D eigenvalue weighted by atomic mass is 9.89. The van der Waals surface area contributed by atoms with Crippen LogP contribution < -0.4 is 19.5 Å². The number of methoxy groups -OCH3 is 1. The van der Waals surface area contributed by atoms with E-state index in [1.807, 2.05) is 12.2 Å². The fourth-order valence-corrected chi connectivity index (χ4v) is 5.74. The second-order valence-corrected chi connectivity index (χ2v) is 13.0. The van der Waals surface area contributed by atoms with Crippen molar-refractivity contribution in [3.05, 3.63) is 84.0 Å². The molecule has 2 aromatic rings. The molecule has 1 saturated carbocycles. The zero-order valence-electron chi connectivity index (χ0n) is 31.3. The number of halogens is 3. The van der Waals surface area contributed by atoms with E-state index in [4.69, 9.17) is 29.4 Å². The largest absolute Gasteiger partial charge is 0.493 e. The molecule has 2 aromatic carbocycles. The molecule has 0 aromatic heterocycles. The van der Waals surface area contributed by atoms with Crippen LogP contribution in [0.5, 0.6) is 17.2 Å². The van der Waals surface area contributed by atoms with Gasteiger partial charge in [-0.2, -0.15) is 13.2 Å². The van der Waals surface area contributed by atoms with Gasteiger partial charge in [0.05, 0.1) is 43.5 Å². The van der Waals surface area contributed by atoms with Crippen LogP contribution in [0.2, 0.25) is 0 Å². The summed E-state index contributed by atoms with van der Waals surface area (Å²) in [4.78, 5) is 41.1. The highest BCUT2D eigenvalue weighted by Gasteiger charge is 2.39. The fourth-order valence-electron chi connectivity index (χ4n) is 5.74. The molecule has 0 saturated heterocycles. The molecule has 6 N–H and O–H groups in total. The summed E-state index contributed by atoms with van der Waals surface area (Å²) in [5, 5.41) is 50.3. The molecule has 314 valence electrons. The van der Waals surface area contributed by atoms with E-state index in [2.05, 4.69) is 10.2 Å². The Morgan fingerprint density at radius 3 is 2.51 bits per heavy atom. The van der Waals surface area contributed by atoms with Crippen molar-refractivity contribution in [3.8, 4) is 17.2 Å². The van der Waals surface area contributed by atoms with Gasteiger partial charge in [0.25, 0.3) is 0 Å². The molecule has 15 nitrogen and oxygen atoms in total. The third-order valence-corrected chi connectivity index (χ3v) is 8.65. The Bertz CT molecular complexity index is 1670. The first-order valence-corrected chi connectivity index (χ1v) is 18.1. The average Bonchev–Trinajstić information content (AvgIpc) is 3.44. The molecule has 1 fully saturated rings. The van der Waals surface area contributed by atoms with Crippen LogP contribution in [0.1, 0.15) is 56.1 Å². The van der Waals surface area contributed by atoms with E-state index in [-0.39, 0.29) is 61.7 Å². The van der Waals surface area contributed by atoms with E-state index < -0.39 is 59.8 Å². The van der Waals surface area contributed by atoms with Gasteiger partial charge in [0.1, 0.15) is 25.0 Å². The van der Waals surface area contributed by atoms with Gasteiger partial charge >= 0.3 is 18.1 Å². The number of aliphatic hydroxyl groups is 3. The predicted molar refractivity (Wildman–Crippen MR) is 196 cm³/mol. The van der Waals surface area contributed by atoms with E-state index in [1.165, 1.54) is 49.6 Å². The zero-order valence-corrected chi connectivity index (χ0v) is 31.3. The second kappa shape index (κ2) is 24.1. The standard InChI is InChI=1S/C39H49F3N2O13/c1-53-35-21-26(14-18-37(49)54-19-6-7-20-56-44(51)52)13-17-34(35)57-38(50)24-43-36(48)12-5-3-2-4-11-30-31(33(47)23-32(30)46)16-15-28(45)25-55-29-10-8-9-27(22-29)39(40,41)42/h2,4,8-10,13-18,21-22,28,30-33,45-47,51-52H,3,5-7,11-12,19-20,23-25H2,1H3,(H,43,48)/b4-2-,16-15+,18-14+/t28-,30-,31-,32+,33-/m1/s1. The summed E-state index contributed by atoms with van der Waals surface area (Å²) in [6.07, 6.45) is 4.50. The van der Waals surface area contributed by atoms with Crippen LogP contribution in [0, 0.1) is 11.8 Å². The Kier molecular flexibility index (Phi) is 19.7. The topological polar surface area (TPSA) is 214 Å². The Morgan fingerprint density at radius 1 is 1.00 bits per heavy atom. The van der Waals surface area contributed by atoms with Gasteiger partial charge in [-0.05, 0) is 80.0 Å². The number of carbonyl (C=O) groups is 3. The number of ether oxygens (including phenoxy) is 4. The summed E-state index contributed by atoms with van der Waals surface area (Å²) in [7, 11) is 1.37. The number of carbonyl (C=O) groups excluding carboxylic acids is 3. The number of hydrogen-bond acceptors (Lipinski definition) is 14. The number of allylic oxidation sites excluding steroid dienone is 2. The van der Waals surface area contributed by atoms with E-state index >= 15 is 0 Å². The lowest BCUT2D eigenvalue weighted by molar-refractivity contribution is -0.492. The molecule has 0 aliphatic heterocycles. The monoisotopic (exact) mass is 810 g/mol. The summed E-state index contributed by atoms with van der Waals surface area (Å²) in [6.45, 7) is -0.570. The highest BCUT2D eigenvalue weighted by molar-refractivity contribution is 5.87. The molecule has 0 radical (unpaired) electrons. The number of hydrogen-bond donors (Lipinski definition) is 6. The molecule has 1 aliphatic carbocycles. The number of nitrogens with zero attached hydrogens (tertiary/aromatic N) is 1. The minimum atomic E-state index is -4.53. The molecule has 0 spiro atoms. The van der Waals surface area contributed by atoms with Crippen LogP contribution in [0.25, 0.3) is 6.08 Å². The van der Waals surface area contributed by atoms with Crippen LogP contribution in [-0.4, -0.2) is 101 Å². The van der Waals surface area contributed by atoms with Crippen molar-refractivity contribution in [3.63, 3.8) is 0 Å². The number of rotatable bonds is 23. The highest BCUT2D eigenvalue weighted by atomic mass is 19.4. The van der Waals surface area contributed by atoms with Crippen molar-refractivity contribution in [2.75, 3.05) is 33.5 Å². The molecule has 57 heavy (non-hydrogen) atoms. The summed E-state index contributed by atoms with van der Waals surface area (Å²) >= 11 is 0. The molecule has 5 atom stereocenters. The molecule has 18 heteroatoms. The Labute approximate surface area is 327 Å². The van der Waals surface area contributed by atoms with Crippen LogP contribution in [0.15, 0.2) is 72.8 Å². The molecule has 1 aliphatic rings. The average molecular weight is 811 g/mol. The number of unbranched alkanes of at least 4 members (excludes halogenated alkanes) is 2. The van der Waals surface area contributed by atoms with Crippen LogP contribution >= 0.6 is 0 Å². The van der Waals surface area contributed by atoms with Crippen molar-refractivity contribution in [2.45, 2.75) is 69.4 Å². The Balaban J connectivity index is 1.34. The van der Waals surface area contributed by atoms with E-state index in [0.717, 1.165) is 12.1 Å². The SMILES string of the molecule is COc1cc(/C=C/C(=O)OCCCCON(O)O)ccc1OC(=O)CNC(=O)CCC/C=C\C[C@@H]1[C@@H](/C=C/[C@@H](O)COc2cccc(C(F)(F)F)c2)[C@H](O)C[C@@H]1O. The molecule has 1 amide bonds. The van der Waals surface area contributed by atoms with Gasteiger partial charge in [0, 0.05) is 24.8 Å². The summed E-state index contributed by atoms with van der Waals surface area (Å²) in [6, 6.07) is 8.89. The van der Waals surface area contributed by atoms with Gasteiger partial charge in [-0.3, -0.25) is 20.0 Å². The highest BCUT2D eigenvalue weighted by Crippen LogP contribution is 2.36. The normalized spacial score (nSPS) is 19.1. The van der Waals surface area contributed by atoms with E-state index in [0.29, 0.717) is 37.7 Å². The maximum Gasteiger partial charge on any atom is 0.416 e. The minimum Gasteiger partial charge on any atom is -0.493 e. The van der Waals surface area contributed by atoms with Crippen LogP contribution in [-0.2, 0) is 30.1 Å². The Hall–Kier alpha value is -4.82. The summed E-state index contributed by atoms with van der Waals surface area (Å²) < 4.78 is 59.8. The summed E-state index contributed by atoms with van der Waals surface area (Å²) in [5.41, 5.74) is -0.320. The zero-order chi connectivity index (χ0) is 41.8. The fraction of sp³-hybridized carbons (Fsp3) is 0.462. The van der Waals surface area contributed by atoms with Crippen molar-refractivity contribution in [1.29, 1.82) is 0 Å². The van der Waals surface area contributed by atoms with Gasteiger partial charge in [-0.15, -0.1) is 0 Å². The first kappa shape index (κ1) is 46.6. The number of amides is 1. The van der Waals surface area contributed by atoms with Gasteiger partial charge in [0.2, 0.25) is 5.91 Å². The maximum absolute atomic E-state index is 12.9. The molecule has 0 heterocycles.